The molecule has 0 aliphatic carbocycles. The summed E-state index contributed by atoms with van der Waals surface area (Å²) < 4.78 is 37.2. The number of hydrogen-bond acceptors (Lipinski definition) is 3. The lowest BCUT2D eigenvalue weighted by atomic mass is 10.5. The highest BCUT2D eigenvalue weighted by atomic mass is 32.2. The summed E-state index contributed by atoms with van der Waals surface area (Å²) in [4.78, 5) is 0. The quantitative estimate of drug-likeness (QED) is 0.583. The van der Waals surface area contributed by atoms with Gasteiger partial charge in [-0.1, -0.05) is 0 Å². The second-order valence-corrected chi connectivity index (χ2v) is 3.79. The predicted molar refractivity (Wildman–Crippen MR) is 36.0 cm³/mol. The molecular weight excluding hydrogens is 159 g/mol. The highest BCUT2D eigenvalue weighted by molar-refractivity contribution is 7.86. The third kappa shape index (κ3) is 3.79. The van der Waals surface area contributed by atoms with Gasteiger partial charge < -0.3 is 0 Å². The molecule has 0 rings (SSSR count). The molecule has 0 saturated carbocycles. The molecule has 0 aliphatic heterocycles. The highest BCUT2D eigenvalue weighted by Gasteiger charge is 2.12. The summed E-state index contributed by atoms with van der Waals surface area (Å²) in [5, 5.41) is 0. The smallest absolute Gasteiger partial charge is 0.264 e. The van der Waals surface area contributed by atoms with Crippen LogP contribution in [-0.4, -0.2) is 26.9 Å². The minimum absolute atomic E-state index is 0.114. The molecule has 0 aliphatic rings. The van der Waals surface area contributed by atoms with Gasteiger partial charge in [0.1, 0.15) is 12.8 Å². The average molecular weight is 170 g/mol. The summed E-state index contributed by atoms with van der Waals surface area (Å²) in [6.07, 6.45) is -0.857. The summed E-state index contributed by atoms with van der Waals surface area (Å²) in [5.74, 6) is -0.114. The van der Waals surface area contributed by atoms with Gasteiger partial charge in [0, 0.05) is 0 Å². The van der Waals surface area contributed by atoms with E-state index in [0.29, 0.717) is 0 Å². The number of alkyl halides is 1. The van der Waals surface area contributed by atoms with Gasteiger partial charge in [-0.15, -0.1) is 0 Å². The van der Waals surface area contributed by atoms with Crippen LogP contribution in [0.4, 0.5) is 4.39 Å². The zero-order valence-corrected chi connectivity index (χ0v) is 6.82. The van der Waals surface area contributed by atoms with Crippen LogP contribution in [0.1, 0.15) is 13.8 Å². The van der Waals surface area contributed by atoms with Gasteiger partial charge in [0.2, 0.25) is 0 Å². The van der Waals surface area contributed by atoms with E-state index >= 15 is 0 Å². The molecule has 0 heterocycles. The van der Waals surface area contributed by atoms with Crippen LogP contribution in [0.3, 0.4) is 0 Å². The molecule has 0 radical (unpaired) electrons. The summed E-state index contributed by atoms with van der Waals surface area (Å²) in [5.41, 5.74) is 0. The van der Waals surface area contributed by atoms with Crippen molar-refractivity contribution in [3.63, 3.8) is 0 Å². The summed E-state index contributed by atoms with van der Waals surface area (Å²) in [6, 6.07) is 0. The molecule has 10 heavy (non-hydrogen) atoms. The first-order valence-electron chi connectivity index (χ1n) is 2.98. The van der Waals surface area contributed by atoms with Crippen molar-refractivity contribution in [2.75, 3.05) is 12.4 Å². The minimum atomic E-state index is -3.47. The Hall–Kier alpha value is -0.160. The van der Waals surface area contributed by atoms with Crippen molar-refractivity contribution in [1.82, 2.24) is 0 Å². The van der Waals surface area contributed by atoms with Gasteiger partial charge in [0.25, 0.3) is 10.1 Å². The minimum Gasteiger partial charge on any atom is -0.264 e. The first kappa shape index (κ1) is 9.84. The molecular formula is C5H11FO3S. The molecule has 5 heteroatoms. The van der Waals surface area contributed by atoms with E-state index < -0.39 is 22.9 Å². The normalized spacial score (nSPS) is 15.1. The third-order valence-electron chi connectivity index (χ3n) is 0.882. The zero-order chi connectivity index (χ0) is 8.20. The van der Waals surface area contributed by atoms with Crippen molar-refractivity contribution in [3.05, 3.63) is 0 Å². The number of hydrogen-bond donors (Lipinski definition) is 0. The summed E-state index contributed by atoms with van der Waals surface area (Å²) >= 11 is 0. The van der Waals surface area contributed by atoms with Gasteiger partial charge in [0.05, 0.1) is 5.75 Å². The van der Waals surface area contributed by atoms with Crippen LogP contribution < -0.4 is 0 Å². The van der Waals surface area contributed by atoms with Gasteiger partial charge in [-0.3, -0.25) is 4.18 Å². The first-order valence-corrected chi connectivity index (χ1v) is 4.56. The van der Waals surface area contributed by atoms with E-state index in [1.165, 1.54) is 13.8 Å². The van der Waals surface area contributed by atoms with Crippen LogP contribution in [0.15, 0.2) is 0 Å². The lowest BCUT2D eigenvalue weighted by Crippen LogP contribution is -2.18. The van der Waals surface area contributed by atoms with Crippen molar-refractivity contribution in [1.29, 1.82) is 0 Å². The Morgan fingerprint density at radius 3 is 2.40 bits per heavy atom. The Morgan fingerprint density at radius 1 is 1.60 bits per heavy atom. The van der Waals surface area contributed by atoms with Crippen LogP contribution >= 0.6 is 0 Å². The zero-order valence-electron chi connectivity index (χ0n) is 6.00. The maximum atomic E-state index is 11.7. The second kappa shape index (κ2) is 3.88. The van der Waals surface area contributed by atoms with E-state index in [1.54, 1.807) is 0 Å². The molecule has 0 bridgehead atoms. The molecule has 1 unspecified atom stereocenters. The maximum Gasteiger partial charge on any atom is 0.267 e. The van der Waals surface area contributed by atoms with Crippen LogP contribution in [0, 0.1) is 0 Å². The van der Waals surface area contributed by atoms with Gasteiger partial charge >= 0.3 is 0 Å². The van der Waals surface area contributed by atoms with Crippen molar-refractivity contribution in [3.8, 4) is 0 Å². The van der Waals surface area contributed by atoms with Crippen LogP contribution in [0.25, 0.3) is 0 Å². The van der Waals surface area contributed by atoms with Crippen LogP contribution in [0.2, 0.25) is 0 Å². The van der Waals surface area contributed by atoms with Crippen molar-refractivity contribution >= 4 is 10.1 Å². The van der Waals surface area contributed by atoms with Gasteiger partial charge in [-0.2, -0.15) is 8.42 Å². The molecule has 62 valence electrons. The molecule has 0 spiro atoms. The number of rotatable bonds is 4. The maximum absolute atomic E-state index is 11.7. The number of halogens is 1. The van der Waals surface area contributed by atoms with E-state index in [0.717, 1.165) is 0 Å². The van der Waals surface area contributed by atoms with Crippen molar-refractivity contribution in [2.24, 2.45) is 0 Å². The molecule has 0 fully saturated rings. The Balaban J connectivity index is 3.90. The van der Waals surface area contributed by atoms with Gasteiger partial charge in [0.15, 0.2) is 0 Å². The molecule has 0 aromatic heterocycles. The first-order chi connectivity index (χ1) is 4.52. The monoisotopic (exact) mass is 170 g/mol. The molecule has 0 N–H and O–H groups in total. The van der Waals surface area contributed by atoms with E-state index in [2.05, 4.69) is 4.18 Å². The average Bonchev–Trinajstić information content (AvgIpc) is 1.87. The topological polar surface area (TPSA) is 43.4 Å². The third-order valence-corrected chi connectivity index (χ3v) is 2.21. The Morgan fingerprint density at radius 2 is 2.10 bits per heavy atom. The van der Waals surface area contributed by atoms with Gasteiger partial charge in [-0.05, 0) is 13.8 Å². The molecule has 1 atom stereocenters. The standard InChI is InChI=1S/C5H11FO3S/c1-3-10(7,8)9-5(2)4-6/h5H,3-4H2,1-2H3. The van der Waals surface area contributed by atoms with Gasteiger partial charge in [-0.25, -0.2) is 4.39 Å². The van der Waals surface area contributed by atoms with E-state index in [9.17, 15) is 12.8 Å². The fourth-order valence-corrected chi connectivity index (χ4v) is 1.03. The molecule has 3 nitrogen and oxygen atoms in total. The highest BCUT2D eigenvalue weighted by Crippen LogP contribution is 1.99. The Kier molecular flexibility index (Phi) is 3.81. The lowest BCUT2D eigenvalue weighted by Gasteiger charge is -2.06. The summed E-state index contributed by atoms with van der Waals surface area (Å²) in [7, 11) is -3.47. The summed E-state index contributed by atoms with van der Waals surface area (Å²) in [6.45, 7) is 2.03. The van der Waals surface area contributed by atoms with Crippen LogP contribution in [-0.2, 0) is 14.3 Å². The molecule has 0 saturated heterocycles. The lowest BCUT2D eigenvalue weighted by molar-refractivity contribution is 0.189. The van der Waals surface area contributed by atoms with E-state index in [4.69, 9.17) is 0 Å². The SMILES string of the molecule is CCS(=O)(=O)OC(C)CF. The van der Waals surface area contributed by atoms with E-state index in [-0.39, 0.29) is 5.75 Å². The molecule has 0 aromatic carbocycles. The van der Waals surface area contributed by atoms with Crippen LogP contribution in [0.5, 0.6) is 0 Å². The molecule has 0 aromatic rings. The van der Waals surface area contributed by atoms with E-state index in [1.807, 2.05) is 0 Å². The fourth-order valence-electron chi connectivity index (χ4n) is 0.344. The Bertz CT molecular complexity index is 175. The second-order valence-electron chi connectivity index (χ2n) is 1.91. The van der Waals surface area contributed by atoms with Crippen molar-refractivity contribution in [2.45, 2.75) is 20.0 Å². The predicted octanol–water partition coefficient (Wildman–Crippen LogP) is 0.711. The van der Waals surface area contributed by atoms with Crippen molar-refractivity contribution < 1.29 is 17.0 Å². The largest absolute Gasteiger partial charge is 0.267 e. The fraction of sp³-hybridized carbons (Fsp3) is 1.00. The molecule has 0 amide bonds. The Labute approximate surface area is 60.3 Å².